The fraction of sp³-hybridized carbons (Fsp3) is 0.538. The van der Waals surface area contributed by atoms with Gasteiger partial charge in [0.15, 0.2) is 0 Å². The van der Waals surface area contributed by atoms with E-state index in [1.54, 1.807) is 0 Å². The molecule has 0 unspecified atom stereocenters. The van der Waals surface area contributed by atoms with Gasteiger partial charge in [-0.3, -0.25) is 4.98 Å². The lowest BCUT2D eigenvalue weighted by Gasteiger charge is -2.31. The van der Waals surface area contributed by atoms with E-state index in [1.807, 2.05) is 0 Å². The molecule has 0 radical (unpaired) electrons. The van der Waals surface area contributed by atoms with E-state index in [2.05, 4.69) is 16.4 Å². The third kappa shape index (κ3) is 3.24. The van der Waals surface area contributed by atoms with Crippen LogP contribution in [0.25, 0.3) is 0 Å². The van der Waals surface area contributed by atoms with Gasteiger partial charge in [0.1, 0.15) is 5.69 Å². The van der Waals surface area contributed by atoms with Gasteiger partial charge in [-0.05, 0) is 44.0 Å². The summed E-state index contributed by atoms with van der Waals surface area (Å²) >= 11 is 0. The summed E-state index contributed by atoms with van der Waals surface area (Å²) < 4.78 is 37.2. The van der Waals surface area contributed by atoms with E-state index >= 15 is 0 Å². The third-order valence-corrected chi connectivity index (χ3v) is 3.46. The summed E-state index contributed by atoms with van der Waals surface area (Å²) in [4.78, 5) is 3.43. The van der Waals surface area contributed by atoms with Crippen LogP contribution in [0.4, 0.5) is 13.2 Å². The predicted octanol–water partition coefficient (Wildman–Crippen LogP) is 2.54. The monoisotopic (exact) mass is 269 g/mol. The number of rotatable bonds is 2. The number of nitrogens with zero attached hydrogens (tertiary/aromatic N) is 2. The molecule has 2 heterocycles. The van der Waals surface area contributed by atoms with Crippen molar-refractivity contribution in [3.63, 3.8) is 0 Å². The third-order valence-electron chi connectivity index (χ3n) is 3.46. The van der Waals surface area contributed by atoms with Gasteiger partial charge in [-0.1, -0.05) is 6.07 Å². The first-order valence-electron chi connectivity index (χ1n) is 6.09. The van der Waals surface area contributed by atoms with Crippen LogP contribution in [0.15, 0.2) is 18.3 Å². The molecule has 1 aromatic rings. The summed E-state index contributed by atoms with van der Waals surface area (Å²) in [6.07, 6.45) is -1.31. The molecule has 1 N–H and O–H groups in total. The first-order valence-corrected chi connectivity index (χ1v) is 6.09. The second-order valence-electron chi connectivity index (χ2n) is 4.87. The quantitative estimate of drug-likeness (QED) is 0.897. The molecular formula is C13H14F3N3. The van der Waals surface area contributed by atoms with Gasteiger partial charge in [-0.2, -0.15) is 18.4 Å². The number of piperidine rings is 1. The number of hydrogen-bond donors (Lipinski definition) is 1. The molecule has 3 nitrogen and oxygen atoms in total. The molecule has 6 heteroatoms. The highest BCUT2D eigenvalue weighted by Gasteiger charge is 2.34. The number of nitrogens with one attached hydrogen (secondary N) is 1. The molecule has 102 valence electrons. The number of nitriles is 1. The van der Waals surface area contributed by atoms with Crippen molar-refractivity contribution in [2.75, 3.05) is 13.1 Å². The van der Waals surface area contributed by atoms with Crippen LogP contribution < -0.4 is 5.32 Å². The van der Waals surface area contributed by atoms with Gasteiger partial charge in [-0.25, -0.2) is 0 Å². The van der Waals surface area contributed by atoms with E-state index in [1.165, 1.54) is 12.3 Å². The van der Waals surface area contributed by atoms with Crippen LogP contribution in [0, 0.1) is 16.7 Å². The van der Waals surface area contributed by atoms with Crippen molar-refractivity contribution in [1.29, 1.82) is 5.26 Å². The van der Waals surface area contributed by atoms with Gasteiger partial charge >= 0.3 is 6.18 Å². The zero-order chi connectivity index (χ0) is 13.9. The van der Waals surface area contributed by atoms with Crippen molar-refractivity contribution >= 4 is 0 Å². The second-order valence-corrected chi connectivity index (χ2v) is 4.87. The molecule has 0 aromatic carbocycles. The molecule has 1 aromatic heterocycles. The molecule has 0 aliphatic carbocycles. The maximum absolute atomic E-state index is 12.4. The smallest absolute Gasteiger partial charge is 0.317 e. The van der Waals surface area contributed by atoms with Crippen LogP contribution in [-0.2, 0) is 12.6 Å². The van der Waals surface area contributed by atoms with Crippen molar-refractivity contribution in [1.82, 2.24) is 10.3 Å². The summed E-state index contributed by atoms with van der Waals surface area (Å²) in [5.74, 6) is 0. The Kier molecular flexibility index (Phi) is 3.76. The topological polar surface area (TPSA) is 48.7 Å². The molecule has 0 spiro atoms. The summed E-state index contributed by atoms with van der Waals surface area (Å²) in [6, 6.07) is 4.71. The zero-order valence-corrected chi connectivity index (χ0v) is 10.3. The fourth-order valence-corrected chi connectivity index (χ4v) is 2.32. The molecule has 1 aliphatic rings. The molecule has 19 heavy (non-hydrogen) atoms. The SMILES string of the molecule is N#CC1(Cc2ccc(C(F)(F)F)nc2)CCNCC1. The summed E-state index contributed by atoms with van der Waals surface area (Å²) in [7, 11) is 0. The van der Waals surface area contributed by atoms with E-state index in [0.717, 1.165) is 19.2 Å². The van der Waals surface area contributed by atoms with Crippen molar-refractivity contribution < 1.29 is 13.2 Å². The lowest BCUT2D eigenvalue weighted by Crippen LogP contribution is -2.37. The summed E-state index contributed by atoms with van der Waals surface area (Å²) in [6.45, 7) is 1.53. The normalized spacial score (nSPS) is 18.8. The molecular weight excluding hydrogens is 255 g/mol. The Balaban J connectivity index is 2.13. The molecule has 1 fully saturated rings. The van der Waals surface area contributed by atoms with Crippen LogP contribution in [0.2, 0.25) is 0 Å². The van der Waals surface area contributed by atoms with Crippen molar-refractivity contribution in [3.05, 3.63) is 29.6 Å². The molecule has 0 amide bonds. The number of aromatic nitrogens is 1. The molecule has 0 saturated carbocycles. The maximum Gasteiger partial charge on any atom is 0.433 e. The average Bonchev–Trinajstić information content (AvgIpc) is 2.39. The number of pyridine rings is 1. The van der Waals surface area contributed by atoms with Crippen molar-refractivity contribution in [2.45, 2.75) is 25.4 Å². The summed E-state index contributed by atoms with van der Waals surface area (Å²) in [5, 5.41) is 12.5. The van der Waals surface area contributed by atoms with Gasteiger partial charge in [0.25, 0.3) is 0 Å². The van der Waals surface area contributed by atoms with Gasteiger partial charge in [0.05, 0.1) is 11.5 Å². The van der Waals surface area contributed by atoms with Crippen LogP contribution in [-0.4, -0.2) is 18.1 Å². The van der Waals surface area contributed by atoms with Crippen LogP contribution >= 0.6 is 0 Å². The van der Waals surface area contributed by atoms with Crippen LogP contribution in [0.3, 0.4) is 0 Å². The Hall–Kier alpha value is -1.61. The maximum atomic E-state index is 12.4. The lowest BCUT2D eigenvalue weighted by molar-refractivity contribution is -0.141. The van der Waals surface area contributed by atoms with E-state index in [0.29, 0.717) is 24.8 Å². The van der Waals surface area contributed by atoms with E-state index in [4.69, 9.17) is 0 Å². The van der Waals surface area contributed by atoms with E-state index < -0.39 is 17.3 Å². The minimum absolute atomic E-state index is 0.455. The highest BCUT2D eigenvalue weighted by molar-refractivity contribution is 5.20. The van der Waals surface area contributed by atoms with Gasteiger partial charge in [0.2, 0.25) is 0 Å². The Morgan fingerprint density at radius 2 is 2.00 bits per heavy atom. The van der Waals surface area contributed by atoms with E-state index in [9.17, 15) is 18.4 Å². The largest absolute Gasteiger partial charge is 0.433 e. The second kappa shape index (κ2) is 5.17. The molecule has 2 rings (SSSR count). The first-order chi connectivity index (χ1) is 8.95. The Morgan fingerprint density at radius 1 is 1.32 bits per heavy atom. The van der Waals surface area contributed by atoms with Gasteiger partial charge < -0.3 is 5.32 Å². The Bertz CT molecular complexity index is 467. The lowest BCUT2D eigenvalue weighted by atomic mass is 9.76. The minimum atomic E-state index is -4.42. The van der Waals surface area contributed by atoms with E-state index in [-0.39, 0.29) is 0 Å². The van der Waals surface area contributed by atoms with Gasteiger partial charge in [-0.15, -0.1) is 0 Å². The van der Waals surface area contributed by atoms with Crippen LogP contribution in [0.1, 0.15) is 24.1 Å². The van der Waals surface area contributed by atoms with Gasteiger partial charge in [0, 0.05) is 6.20 Å². The number of halogens is 3. The fourth-order valence-electron chi connectivity index (χ4n) is 2.32. The highest BCUT2D eigenvalue weighted by atomic mass is 19.4. The Labute approximate surface area is 109 Å². The number of alkyl halides is 3. The standard InChI is InChI=1S/C13H14F3N3/c14-13(15,16)11-2-1-10(8-19-11)7-12(9-17)3-5-18-6-4-12/h1-2,8,18H,3-7H2. The molecule has 1 saturated heterocycles. The Morgan fingerprint density at radius 3 is 2.47 bits per heavy atom. The van der Waals surface area contributed by atoms with Crippen molar-refractivity contribution in [2.24, 2.45) is 5.41 Å². The molecule has 0 atom stereocenters. The number of hydrogen-bond acceptors (Lipinski definition) is 3. The summed E-state index contributed by atoms with van der Waals surface area (Å²) in [5.41, 5.74) is -0.698. The van der Waals surface area contributed by atoms with Crippen molar-refractivity contribution in [3.8, 4) is 6.07 Å². The predicted molar refractivity (Wildman–Crippen MR) is 63.1 cm³/mol. The highest BCUT2D eigenvalue weighted by Crippen LogP contribution is 2.33. The van der Waals surface area contributed by atoms with Crippen LogP contribution in [0.5, 0.6) is 0 Å². The average molecular weight is 269 g/mol. The molecule has 0 bridgehead atoms. The minimum Gasteiger partial charge on any atom is -0.317 e. The molecule has 1 aliphatic heterocycles. The zero-order valence-electron chi connectivity index (χ0n) is 10.3. The first kappa shape index (κ1) is 13.8.